The number of hydrogen-bond donors (Lipinski definition) is 0. The topological polar surface area (TPSA) is 38.8 Å². The van der Waals surface area contributed by atoms with E-state index in [1.807, 2.05) is 0 Å². The third-order valence-electron chi connectivity index (χ3n) is 4.52. The van der Waals surface area contributed by atoms with Crippen LogP contribution in [0, 0.1) is 5.82 Å². The summed E-state index contributed by atoms with van der Waals surface area (Å²) in [6, 6.07) is 13.5. The van der Waals surface area contributed by atoms with Gasteiger partial charge in [-0.25, -0.2) is 4.39 Å². The van der Waals surface area contributed by atoms with Gasteiger partial charge >= 0.3 is 0 Å². The Morgan fingerprint density at radius 3 is 2.70 bits per heavy atom. The van der Waals surface area contributed by atoms with Crippen LogP contribution >= 0.6 is 0 Å². The van der Waals surface area contributed by atoms with Crippen LogP contribution in [0.2, 0.25) is 0 Å². The van der Waals surface area contributed by atoms with Crippen LogP contribution in [0.15, 0.2) is 61.2 Å². The standard InChI is InChI=1S/C22H24FNO3/c1-2-13-26-19-11-9-17(10-12-19)22(25)24(16-20-7-5-14-27-20)15-18-6-3-4-8-21(18)23/h2-4,6,8-12,20H,1,5,7,13-16H2. The van der Waals surface area contributed by atoms with Crippen molar-refractivity contribution >= 4 is 5.91 Å². The summed E-state index contributed by atoms with van der Waals surface area (Å²) >= 11 is 0. The molecule has 27 heavy (non-hydrogen) atoms. The summed E-state index contributed by atoms with van der Waals surface area (Å²) in [6.45, 7) is 5.39. The fourth-order valence-electron chi connectivity index (χ4n) is 3.12. The Hall–Kier alpha value is -2.66. The largest absolute Gasteiger partial charge is 0.490 e. The minimum absolute atomic E-state index is 0.00378. The first-order valence-electron chi connectivity index (χ1n) is 9.15. The first-order chi connectivity index (χ1) is 13.2. The number of hydrogen-bond acceptors (Lipinski definition) is 3. The Kier molecular flexibility index (Phi) is 6.60. The van der Waals surface area contributed by atoms with Gasteiger partial charge in [0.05, 0.1) is 6.10 Å². The maximum absolute atomic E-state index is 14.1. The third-order valence-corrected chi connectivity index (χ3v) is 4.52. The van der Waals surface area contributed by atoms with E-state index in [0.717, 1.165) is 12.8 Å². The lowest BCUT2D eigenvalue weighted by molar-refractivity contribution is 0.0505. The fraction of sp³-hybridized carbons (Fsp3) is 0.318. The van der Waals surface area contributed by atoms with Gasteiger partial charge in [-0.15, -0.1) is 0 Å². The summed E-state index contributed by atoms with van der Waals surface area (Å²) in [5.74, 6) is 0.214. The van der Waals surface area contributed by atoms with E-state index in [4.69, 9.17) is 9.47 Å². The summed E-state index contributed by atoms with van der Waals surface area (Å²) in [7, 11) is 0. The molecule has 1 heterocycles. The van der Waals surface area contributed by atoms with E-state index in [1.165, 1.54) is 6.07 Å². The number of amides is 1. The molecule has 0 aliphatic carbocycles. The molecule has 5 heteroatoms. The van der Waals surface area contributed by atoms with E-state index in [1.54, 1.807) is 53.4 Å². The van der Waals surface area contributed by atoms with Gasteiger partial charge in [-0.05, 0) is 43.2 Å². The maximum Gasteiger partial charge on any atom is 0.254 e. The van der Waals surface area contributed by atoms with Crippen molar-refractivity contribution in [2.45, 2.75) is 25.5 Å². The van der Waals surface area contributed by atoms with Gasteiger partial charge in [-0.1, -0.05) is 30.9 Å². The van der Waals surface area contributed by atoms with Crippen LogP contribution in [0.25, 0.3) is 0 Å². The van der Waals surface area contributed by atoms with E-state index in [-0.39, 0.29) is 24.4 Å². The van der Waals surface area contributed by atoms with E-state index in [0.29, 0.717) is 36.6 Å². The molecule has 0 spiro atoms. The van der Waals surface area contributed by atoms with E-state index in [9.17, 15) is 9.18 Å². The summed E-state index contributed by atoms with van der Waals surface area (Å²) in [6.07, 6.45) is 3.56. The van der Waals surface area contributed by atoms with Crippen molar-refractivity contribution in [3.8, 4) is 5.75 Å². The van der Waals surface area contributed by atoms with Crippen LogP contribution in [0.5, 0.6) is 5.75 Å². The molecule has 1 amide bonds. The van der Waals surface area contributed by atoms with Crippen LogP contribution in [-0.2, 0) is 11.3 Å². The average Bonchev–Trinajstić information content (AvgIpc) is 3.20. The van der Waals surface area contributed by atoms with Gasteiger partial charge < -0.3 is 14.4 Å². The van der Waals surface area contributed by atoms with Gasteiger partial charge in [0.2, 0.25) is 0 Å². The first-order valence-corrected chi connectivity index (χ1v) is 9.15. The molecular formula is C22H24FNO3. The van der Waals surface area contributed by atoms with Crippen molar-refractivity contribution < 1.29 is 18.7 Å². The molecule has 2 aromatic carbocycles. The molecule has 0 bridgehead atoms. The number of carbonyl (C=O) groups is 1. The lowest BCUT2D eigenvalue weighted by Crippen LogP contribution is -2.37. The highest BCUT2D eigenvalue weighted by molar-refractivity contribution is 5.94. The monoisotopic (exact) mass is 369 g/mol. The zero-order chi connectivity index (χ0) is 19.1. The second kappa shape index (κ2) is 9.33. The summed E-state index contributed by atoms with van der Waals surface area (Å²) < 4.78 is 25.2. The molecular weight excluding hydrogens is 345 g/mol. The molecule has 1 unspecified atom stereocenters. The molecule has 2 aromatic rings. The van der Waals surface area contributed by atoms with Crippen LogP contribution in [0.4, 0.5) is 4.39 Å². The SMILES string of the molecule is C=CCOc1ccc(C(=O)N(Cc2ccccc2F)CC2CCCO2)cc1. The fourth-order valence-corrected chi connectivity index (χ4v) is 3.12. The van der Waals surface area contributed by atoms with Crippen molar-refractivity contribution in [3.63, 3.8) is 0 Å². The van der Waals surface area contributed by atoms with Crippen LogP contribution in [0.3, 0.4) is 0 Å². The highest BCUT2D eigenvalue weighted by atomic mass is 19.1. The second-order valence-corrected chi connectivity index (χ2v) is 6.54. The molecule has 0 radical (unpaired) electrons. The van der Waals surface area contributed by atoms with Gasteiger partial charge in [0.15, 0.2) is 0 Å². The normalized spacial score (nSPS) is 16.1. The molecule has 142 valence electrons. The van der Waals surface area contributed by atoms with Crippen molar-refractivity contribution in [2.75, 3.05) is 19.8 Å². The highest BCUT2D eigenvalue weighted by Gasteiger charge is 2.24. The summed E-state index contributed by atoms with van der Waals surface area (Å²) in [5.41, 5.74) is 1.03. The van der Waals surface area contributed by atoms with E-state index < -0.39 is 0 Å². The van der Waals surface area contributed by atoms with Crippen LogP contribution in [-0.4, -0.2) is 36.7 Å². The molecule has 1 saturated heterocycles. The molecule has 1 fully saturated rings. The van der Waals surface area contributed by atoms with Crippen LogP contribution < -0.4 is 4.74 Å². The van der Waals surface area contributed by atoms with Crippen molar-refractivity contribution in [1.82, 2.24) is 4.90 Å². The molecule has 0 N–H and O–H groups in total. The summed E-state index contributed by atoms with van der Waals surface area (Å²) in [5, 5.41) is 0. The summed E-state index contributed by atoms with van der Waals surface area (Å²) in [4.78, 5) is 14.7. The molecule has 0 saturated carbocycles. The first kappa shape index (κ1) is 19.1. The van der Waals surface area contributed by atoms with E-state index >= 15 is 0 Å². The Morgan fingerprint density at radius 2 is 2.04 bits per heavy atom. The number of carbonyl (C=O) groups excluding carboxylic acids is 1. The van der Waals surface area contributed by atoms with Crippen molar-refractivity contribution in [3.05, 3.63) is 78.1 Å². The van der Waals surface area contributed by atoms with Crippen LogP contribution in [0.1, 0.15) is 28.8 Å². The molecule has 1 aliphatic heterocycles. The highest BCUT2D eigenvalue weighted by Crippen LogP contribution is 2.20. The molecule has 4 nitrogen and oxygen atoms in total. The Bertz CT molecular complexity index is 769. The lowest BCUT2D eigenvalue weighted by atomic mass is 10.1. The minimum atomic E-state index is -0.309. The quantitative estimate of drug-likeness (QED) is 0.654. The average molecular weight is 369 g/mol. The number of nitrogens with zero attached hydrogens (tertiary/aromatic N) is 1. The molecule has 1 aliphatic rings. The van der Waals surface area contributed by atoms with Gasteiger partial charge in [-0.3, -0.25) is 4.79 Å². The van der Waals surface area contributed by atoms with Gasteiger partial charge in [0, 0.05) is 30.8 Å². The second-order valence-electron chi connectivity index (χ2n) is 6.54. The number of ether oxygens (including phenoxy) is 2. The maximum atomic E-state index is 14.1. The van der Waals surface area contributed by atoms with Crippen molar-refractivity contribution in [1.29, 1.82) is 0 Å². The third kappa shape index (κ3) is 5.17. The van der Waals surface area contributed by atoms with E-state index in [2.05, 4.69) is 6.58 Å². The molecule has 0 aromatic heterocycles. The van der Waals surface area contributed by atoms with Gasteiger partial charge in [0.1, 0.15) is 18.2 Å². The predicted octanol–water partition coefficient (Wildman–Crippen LogP) is 4.21. The van der Waals surface area contributed by atoms with Gasteiger partial charge in [-0.2, -0.15) is 0 Å². The number of halogens is 1. The predicted molar refractivity (Wildman–Crippen MR) is 102 cm³/mol. The Labute approximate surface area is 159 Å². The van der Waals surface area contributed by atoms with Gasteiger partial charge in [0.25, 0.3) is 5.91 Å². The Morgan fingerprint density at radius 1 is 1.26 bits per heavy atom. The minimum Gasteiger partial charge on any atom is -0.490 e. The lowest BCUT2D eigenvalue weighted by Gasteiger charge is -2.26. The Balaban J connectivity index is 1.77. The zero-order valence-corrected chi connectivity index (χ0v) is 15.3. The van der Waals surface area contributed by atoms with Crippen molar-refractivity contribution in [2.24, 2.45) is 0 Å². The number of benzene rings is 2. The zero-order valence-electron chi connectivity index (χ0n) is 15.3. The molecule has 3 rings (SSSR count). The molecule has 1 atom stereocenters. The smallest absolute Gasteiger partial charge is 0.254 e. The number of rotatable bonds is 8.